The number of alkyl halides is 1. The summed E-state index contributed by atoms with van der Waals surface area (Å²) in [5.41, 5.74) is 0. The third-order valence-corrected chi connectivity index (χ3v) is 4.76. The second-order valence-electron chi connectivity index (χ2n) is 6.56. The number of aliphatic carboxylic acids is 1. The van der Waals surface area contributed by atoms with Gasteiger partial charge in [-0.1, -0.05) is 24.3 Å². The van der Waals surface area contributed by atoms with Crippen LogP contribution in [0, 0.1) is 11.8 Å². The van der Waals surface area contributed by atoms with E-state index in [1.807, 2.05) is 24.3 Å². The molecule has 6 heteroatoms. The molecule has 142 valence electrons. The van der Waals surface area contributed by atoms with Crippen LogP contribution < -0.4 is 0 Å². The number of hydrogen-bond donors (Lipinski definition) is 3. The van der Waals surface area contributed by atoms with Crippen LogP contribution in [0.15, 0.2) is 24.3 Å². The van der Waals surface area contributed by atoms with Crippen LogP contribution >= 0.6 is 11.6 Å². The molecule has 4 atom stereocenters. The largest absolute Gasteiger partial charge is 0.481 e. The molecule has 0 aromatic heterocycles. The number of unbranched alkanes of at least 4 members (excludes halogenated alkanes) is 1. The van der Waals surface area contributed by atoms with Crippen molar-refractivity contribution < 1.29 is 24.9 Å². The van der Waals surface area contributed by atoms with Gasteiger partial charge in [0.15, 0.2) is 0 Å². The summed E-state index contributed by atoms with van der Waals surface area (Å²) in [6.07, 6.45) is 10.4. The molecule has 1 fully saturated rings. The van der Waals surface area contributed by atoms with Gasteiger partial charge in [-0.05, 0) is 38.5 Å². The first kappa shape index (κ1) is 21.9. The molecule has 0 amide bonds. The third kappa shape index (κ3) is 8.66. The van der Waals surface area contributed by atoms with E-state index in [-0.39, 0.29) is 30.5 Å². The zero-order valence-corrected chi connectivity index (χ0v) is 15.3. The predicted octanol–water partition coefficient (Wildman–Crippen LogP) is 3.08. The Morgan fingerprint density at radius 2 is 2.04 bits per heavy atom. The molecule has 1 aliphatic carbocycles. The van der Waals surface area contributed by atoms with E-state index in [0.29, 0.717) is 38.0 Å². The highest BCUT2D eigenvalue weighted by Crippen LogP contribution is 2.33. The standard InChI is InChI=1S/C19H29ClO5/c20-12-6-8-14(21)7-5-10-16-15(17(22)13-18(16)23)9-3-1-2-4-11-19(24)25/h1,3,5,10,14-16,18,21,23H,2,4,6-9,11-13H2,(H,24,25)/b3-1-,10-5+/t14?,15-,16-,18-/m1/s1. The van der Waals surface area contributed by atoms with E-state index >= 15 is 0 Å². The van der Waals surface area contributed by atoms with Gasteiger partial charge in [-0.2, -0.15) is 0 Å². The molecule has 0 bridgehead atoms. The van der Waals surface area contributed by atoms with E-state index in [9.17, 15) is 19.8 Å². The Labute approximate surface area is 154 Å². The van der Waals surface area contributed by atoms with Crippen LogP contribution in [0.4, 0.5) is 0 Å². The lowest BCUT2D eigenvalue weighted by molar-refractivity contribution is -0.137. The molecule has 1 rings (SSSR count). The van der Waals surface area contributed by atoms with Gasteiger partial charge in [0.25, 0.3) is 0 Å². The minimum absolute atomic E-state index is 0.0556. The number of aliphatic hydroxyl groups excluding tert-OH is 2. The summed E-state index contributed by atoms with van der Waals surface area (Å²) in [5.74, 6) is -0.698. The van der Waals surface area contributed by atoms with E-state index < -0.39 is 18.2 Å². The molecule has 3 N–H and O–H groups in total. The highest BCUT2D eigenvalue weighted by Gasteiger charge is 2.38. The topological polar surface area (TPSA) is 94.8 Å². The second-order valence-corrected chi connectivity index (χ2v) is 6.94. The lowest BCUT2D eigenvalue weighted by Gasteiger charge is -2.16. The molecule has 0 saturated heterocycles. The number of hydrogen-bond acceptors (Lipinski definition) is 4. The molecule has 0 aliphatic heterocycles. The number of carbonyl (C=O) groups excluding carboxylic acids is 1. The van der Waals surface area contributed by atoms with Crippen molar-refractivity contribution in [2.24, 2.45) is 11.8 Å². The number of aliphatic hydroxyl groups is 2. The molecule has 0 spiro atoms. The van der Waals surface area contributed by atoms with Gasteiger partial charge in [-0.25, -0.2) is 0 Å². The first-order chi connectivity index (χ1) is 12.0. The molecular weight excluding hydrogens is 344 g/mol. The van der Waals surface area contributed by atoms with Crippen molar-refractivity contribution in [3.05, 3.63) is 24.3 Å². The zero-order chi connectivity index (χ0) is 18.7. The third-order valence-electron chi connectivity index (χ3n) is 4.49. The Morgan fingerprint density at radius 3 is 2.72 bits per heavy atom. The lowest BCUT2D eigenvalue weighted by atomic mass is 9.90. The molecule has 1 aliphatic rings. The summed E-state index contributed by atoms with van der Waals surface area (Å²) in [6.45, 7) is 0. The number of rotatable bonds is 12. The van der Waals surface area contributed by atoms with Gasteiger partial charge >= 0.3 is 5.97 Å². The first-order valence-electron chi connectivity index (χ1n) is 8.94. The van der Waals surface area contributed by atoms with Gasteiger partial charge in [-0.3, -0.25) is 9.59 Å². The van der Waals surface area contributed by atoms with Crippen LogP contribution in [0.1, 0.15) is 51.4 Å². The first-order valence-corrected chi connectivity index (χ1v) is 9.47. The Hall–Kier alpha value is -1.17. The maximum Gasteiger partial charge on any atom is 0.303 e. The normalized spacial score (nSPS) is 25.2. The van der Waals surface area contributed by atoms with E-state index in [1.165, 1.54) is 0 Å². The minimum atomic E-state index is -0.805. The molecule has 25 heavy (non-hydrogen) atoms. The van der Waals surface area contributed by atoms with E-state index in [1.54, 1.807) is 0 Å². The van der Waals surface area contributed by atoms with Crippen molar-refractivity contribution >= 4 is 23.4 Å². The summed E-state index contributed by atoms with van der Waals surface area (Å²) < 4.78 is 0. The highest BCUT2D eigenvalue weighted by atomic mass is 35.5. The Balaban J connectivity index is 2.45. The van der Waals surface area contributed by atoms with Gasteiger partial charge in [-0.15, -0.1) is 11.6 Å². The SMILES string of the molecule is O=C(O)CCC/C=C\C[C@H]1C(=O)C[C@@H](O)[C@@H]1/C=C/CC(O)CCCCl. The van der Waals surface area contributed by atoms with E-state index in [4.69, 9.17) is 16.7 Å². The summed E-state index contributed by atoms with van der Waals surface area (Å²) in [4.78, 5) is 22.5. The van der Waals surface area contributed by atoms with Crippen molar-refractivity contribution in [3.63, 3.8) is 0 Å². The summed E-state index contributed by atoms with van der Waals surface area (Å²) in [5, 5.41) is 28.5. The summed E-state index contributed by atoms with van der Waals surface area (Å²) >= 11 is 5.60. The van der Waals surface area contributed by atoms with Crippen LogP contribution in [0.5, 0.6) is 0 Å². The molecule has 0 aromatic rings. The number of carboxylic acid groups (broad SMARTS) is 1. The lowest BCUT2D eigenvalue weighted by Crippen LogP contribution is -2.18. The number of allylic oxidation sites excluding steroid dienone is 2. The minimum Gasteiger partial charge on any atom is -0.481 e. The van der Waals surface area contributed by atoms with Gasteiger partial charge in [0.2, 0.25) is 0 Å². The average molecular weight is 373 g/mol. The summed E-state index contributed by atoms with van der Waals surface area (Å²) in [7, 11) is 0. The Morgan fingerprint density at radius 1 is 1.28 bits per heavy atom. The maximum absolute atomic E-state index is 12.1. The number of carboxylic acids is 1. The van der Waals surface area contributed by atoms with Crippen LogP contribution in [-0.4, -0.2) is 45.2 Å². The zero-order valence-electron chi connectivity index (χ0n) is 14.5. The molecule has 5 nitrogen and oxygen atoms in total. The molecular formula is C19H29ClO5. The monoisotopic (exact) mass is 372 g/mol. The van der Waals surface area contributed by atoms with Crippen LogP contribution in [0.2, 0.25) is 0 Å². The predicted molar refractivity (Wildman–Crippen MR) is 97.6 cm³/mol. The molecule has 0 aromatic carbocycles. The Bertz CT molecular complexity index is 474. The van der Waals surface area contributed by atoms with Crippen LogP contribution in [-0.2, 0) is 9.59 Å². The number of carbonyl (C=O) groups is 2. The quantitative estimate of drug-likeness (QED) is 0.278. The van der Waals surface area contributed by atoms with Crippen molar-refractivity contribution in [1.82, 2.24) is 0 Å². The fourth-order valence-corrected chi connectivity index (χ4v) is 3.24. The van der Waals surface area contributed by atoms with Gasteiger partial charge in [0.05, 0.1) is 12.2 Å². The second kappa shape index (κ2) is 12.2. The van der Waals surface area contributed by atoms with Gasteiger partial charge in [0, 0.05) is 30.6 Å². The number of ketones is 1. The summed E-state index contributed by atoms with van der Waals surface area (Å²) in [6, 6.07) is 0. The van der Waals surface area contributed by atoms with Crippen molar-refractivity contribution in [3.8, 4) is 0 Å². The molecule has 0 heterocycles. The van der Waals surface area contributed by atoms with Crippen molar-refractivity contribution in [2.75, 3.05) is 5.88 Å². The highest BCUT2D eigenvalue weighted by molar-refractivity contribution is 6.17. The van der Waals surface area contributed by atoms with Crippen LogP contribution in [0.25, 0.3) is 0 Å². The molecule has 1 saturated carbocycles. The smallest absolute Gasteiger partial charge is 0.303 e. The number of Topliss-reactive ketones (excluding diaryl/α,β-unsaturated/α-hetero) is 1. The van der Waals surface area contributed by atoms with E-state index in [0.717, 1.165) is 6.42 Å². The van der Waals surface area contributed by atoms with Gasteiger partial charge < -0.3 is 15.3 Å². The van der Waals surface area contributed by atoms with Crippen LogP contribution in [0.3, 0.4) is 0 Å². The Kier molecular flexibility index (Phi) is 10.7. The average Bonchev–Trinajstić information content (AvgIpc) is 2.82. The van der Waals surface area contributed by atoms with Crippen molar-refractivity contribution in [2.45, 2.75) is 63.6 Å². The maximum atomic E-state index is 12.1. The van der Waals surface area contributed by atoms with Crippen molar-refractivity contribution in [1.29, 1.82) is 0 Å². The fraction of sp³-hybridized carbons (Fsp3) is 0.684. The fourth-order valence-electron chi connectivity index (χ4n) is 3.08. The van der Waals surface area contributed by atoms with E-state index in [2.05, 4.69) is 0 Å². The molecule has 0 radical (unpaired) electrons. The van der Waals surface area contributed by atoms with Gasteiger partial charge in [0.1, 0.15) is 5.78 Å². The number of halogens is 1. The molecule has 1 unspecified atom stereocenters.